The largest absolute Gasteiger partial charge is 0.302 e. The van der Waals surface area contributed by atoms with Gasteiger partial charge in [0.15, 0.2) is 0 Å². The minimum atomic E-state index is 1.08. The summed E-state index contributed by atoms with van der Waals surface area (Å²) in [6.07, 6.45) is 1.19. The quantitative estimate of drug-likeness (QED) is 0.656. The highest BCUT2D eigenvalue weighted by Gasteiger charge is 2.14. The summed E-state index contributed by atoms with van der Waals surface area (Å²) >= 11 is 3.58. The number of hydrogen-bond acceptors (Lipinski definition) is 1. The van der Waals surface area contributed by atoms with Crippen molar-refractivity contribution in [3.05, 3.63) is 33.8 Å². The summed E-state index contributed by atoms with van der Waals surface area (Å²) < 4.78 is 1.26. The molecule has 0 saturated carbocycles. The van der Waals surface area contributed by atoms with Crippen LogP contribution in [-0.2, 0) is 13.0 Å². The SMILES string of the molecule is CN1CCc2cccc(Br)c2C1. The average Bonchev–Trinajstić information content (AvgIpc) is 2.07. The van der Waals surface area contributed by atoms with Gasteiger partial charge in [0.05, 0.1) is 0 Å². The molecule has 0 atom stereocenters. The van der Waals surface area contributed by atoms with E-state index in [4.69, 9.17) is 0 Å². The molecule has 2 rings (SSSR count). The highest BCUT2D eigenvalue weighted by molar-refractivity contribution is 9.10. The first-order chi connectivity index (χ1) is 5.77. The normalized spacial score (nSPS) is 17.5. The predicted molar refractivity (Wildman–Crippen MR) is 54.2 cm³/mol. The van der Waals surface area contributed by atoms with Crippen LogP contribution in [0.15, 0.2) is 22.7 Å². The summed E-state index contributed by atoms with van der Waals surface area (Å²) in [5.74, 6) is 0. The van der Waals surface area contributed by atoms with Crippen molar-refractivity contribution in [1.82, 2.24) is 4.90 Å². The van der Waals surface area contributed by atoms with E-state index in [9.17, 15) is 0 Å². The monoisotopic (exact) mass is 225 g/mol. The van der Waals surface area contributed by atoms with E-state index in [0.29, 0.717) is 0 Å². The highest BCUT2D eigenvalue weighted by atomic mass is 79.9. The molecule has 0 aliphatic carbocycles. The van der Waals surface area contributed by atoms with E-state index in [1.165, 1.54) is 28.6 Å². The first-order valence-electron chi connectivity index (χ1n) is 4.22. The molecule has 64 valence electrons. The molecule has 2 heteroatoms. The molecule has 0 radical (unpaired) electrons. The van der Waals surface area contributed by atoms with E-state index in [1.54, 1.807) is 0 Å². The van der Waals surface area contributed by atoms with Crippen LogP contribution in [0.2, 0.25) is 0 Å². The Morgan fingerprint density at radius 3 is 3.08 bits per heavy atom. The average molecular weight is 226 g/mol. The Kier molecular flexibility index (Phi) is 2.20. The molecule has 12 heavy (non-hydrogen) atoms. The Labute approximate surface area is 81.5 Å². The smallest absolute Gasteiger partial charge is 0.0244 e. The maximum atomic E-state index is 3.58. The van der Waals surface area contributed by atoms with Crippen molar-refractivity contribution in [2.24, 2.45) is 0 Å². The molecular formula is C10H12BrN. The first-order valence-corrected chi connectivity index (χ1v) is 5.01. The summed E-state index contributed by atoms with van der Waals surface area (Å²) in [6.45, 7) is 2.26. The second-order valence-electron chi connectivity index (χ2n) is 3.37. The molecule has 1 aromatic rings. The lowest BCUT2D eigenvalue weighted by atomic mass is 10.0. The Morgan fingerprint density at radius 2 is 2.25 bits per heavy atom. The third kappa shape index (κ3) is 1.41. The number of nitrogens with zero attached hydrogens (tertiary/aromatic N) is 1. The molecule has 1 aromatic carbocycles. The molecule has 0 unspecified atom stereocenters. The topological polar surface area (TPSA) is 3.24 Å². The van der Waals surface area contributed by atoms with Gasteiger partial charge >= 0.3 is 0 Å². The molecule has 0 saturated heterocycles. The van der Waals surface area contributed by atoms with Gasteiger partial charge in [-0.2, -0.15) is 0 Å². The minimum Gasteiger partial charge on any atom is -0.302 e. The zero-order valence-corrected chi connectivity index (χ0v) is 8.76. The van der Waals surface area contributed by atoms with Gasteiger partial charge in [0.2, 0.25) is 0 Å². The van der Waals surface area contributed by atoms with Crippen LogP contribution < -0.4 is 0 Å². The predicted octanol–water partition coefficient (Wildman–Crippen LogP) is 2.44. The zero-order valence-electron chi connectivity index (χ0n) is 7.18. The lowest BCUT2D eigenvalue weighted by Gasteiger charge is -2.25. The molecule has 1 heterocycles. The third-order valence-electron chi connectivity index (χ3n) is 2.41. The van der Waals surface area contributed by atoms with E-state index in [0.717, 1.165) is 6.54 Å². The van der Waals surface area contributed by atoms with Crippen molar-refractivity contribution in [1.29, 1.82) is 0 Å². The molecule has 1 aliphatic heterocycles. The summed E-state index contributed by atoms with van der Waals surface area (Å²) in [5.41, 5.74) is 2.97. The zero-order chi connectivity index (χ0) is 8.55. The van der Waals surface area contributed by atoms with Crippen molar-refractivity contribution in [3.8, 4) is 0 Å². The maximum Gasteiger partial charge on any atom is 0.0244 e. The number of fused-ring (bicyclic) bond motifs is 1. The second kappa shape index (κ2) is 3.19. The standard InChI is InChI=1S/C10H12BrN/c1-12-6-5-8-3-2-4-10(11)9(8)7-12/h2-4H,5-7H2,1H3. The van der Waals surface area contributed by atoms with Gasteiger partial charge in [0.25, 0.3) is 0 Å². The van der Waals surface area contributed by atoms with E-state index < -0.39 is 0 Å². The van der Waals surface area contributed by atoms with Gasteiger partial charge in [0, 0.05) is 17.6 Å². The molecule has 0 spiro atoms. The van der Waals surface area contributed by atoms with Crippen LogP contribution in [-0.4, -0.2) is 18.5 Å². The number of rotatable bonds is 0. The number of hydrogen-bond donors (Lipinski definition) is 0. The molecule has 0 bridgehead atoms. The van der Waals surface area contributed by atoms with E-state index in [-0.39, 0.29) is 0 Å². The lowest BCUT2D eigenvalue weighted by Crippen LogP contribution is -2.26. The Morgan fingerprint density at radius 1 is 1.42 bits per heavy atom. The second-order valence-corrected chi connectivity index (χ2v) is 4.22. The molecule has 0 N–H and O–H groups in total. The number of likely N-dealkylation sites (N-methyl/N-ethyl adjacent to an activating group) is 1. The van der Waals surface area contributed by atoms with Gasteiger partial charge < -0.3 is 4.90 Å². The summed E-state index contributed by atoms with van der Waals surface area (Å²) in [7, 11) is 2.17. The minimum absolute atomic E-state index is 1.08. The van der Waals surface area contributed by atoms with Gasteiger partial charge in [-0.1, -0.05) is 28.1 Å². The molecule has 0 amide bonds. The maximum absolute atomic E-state index is 3.58. The van der Waals surface area contributed by atoms with Crippen LogP contribution in [0.3, 0.4) is 0 Å². The molecular weight excluding hydrogens is 214 g/mol. The Balaban J connectivity index is 2.43. The van der Waals surface area contributed by atoms with E-state index in [2.05, 4.69) is 46.1 Å². The van der Waals surface area contributed by atoms with Gasteiger partial charge in [-0.3, -0.25) is 0 Å². The van der Waals surface area contributed by atoms with Crippen LogP contribution >= 0.6 is 15.9 Å². The van der Waals surface area contributed by atoms with Crippen molar-refractivity contribution >= 4 is 15.9 Å². The lowest BCUT2D eigenvalue weighted by molar-refractivity contribution is 0.312. The summed E-state index contributed by atoms with van der Waals surface area (Å²) in [6, 6.07) is 6.47. The number of benzene rings is 1. The first kappa shape index (κ1) is 8.27. The van der Waals surface area contributed by atoms with Crippen molar-refractivity contribution in [2.75, 3.05) is 13.6 Å². The van der Waals surface area contributed by atoms with Gasteiger partial charge in [-0.15, -0.1) is 0 Å². The summed E-state index contributed by atoms with van der Waals surface area (Å²) in [4.78, 5) is 2.35. The fourth-order valence-corrected chi connectivity index (χ4v) is 2.21. The Bertz CT molecular complexity index is 296. The molecule has 0 aromatic heterocycles. The van der Waals surface area contributed by atoms with E-state index >= 15 is 0 Å². The molecule has 0 fully saturated rings. The van der Waals surface area contributed by atoms with Crippen LogP contribution in [0.4, 0.5) is 0 Å². The molecule has 1 aliphatic rings. The van der Waals surface area contributed by atoms with Crippen molar-refractivity contribution in [2.45, 2.75) is 13.0 Å². The third-order valence-corrected chi connectivity index (χ3v) is 3.15. The van der Waals surface area contributed by atoms with Crippen LogP contribution in [0.1, 0.15) is 11.1 Å². The fourth-order valence-electron chi connectivity index (χ4n) is 1.67. The van der Waals surface area contributed by atoms with Crippen LogP contribution in [0.5, 0.6) is 0 Å². The number of halogens is 1. The van der Waals surface area contributed by atoms with Crippen molar-refractivity contribution < 1.29 is 0 Å². The summed E-state index contributed by atoms with van der Waals surface area (Å²) in [5, 5.41) is 0. The van der Waals surface area contributed by atoms with Gasteiger partial charge in [-0.05, 0) is 30.7 Å². The fraction of sp³-hybridized carbons (Fsp3) is 0.400. The van der Waals surface area contributed by atoms with E-state index in [1.807, 2.05) is 0 Å². The van der Waals surface area contributed by atoms with Gasteiger partial charge in [-0.25, -0.2) is 0 Å². The Hall–Kier alpha value is -0.340. The van der Waals surface area contributed by atoms with Crippen molar-refractivity contribution in [3.63, 3.8) is 0 Å². The highest BCUT2D eigenvalue weighted by Crippen LogP contribution is 2.25. The van der Waals surface area contributed by atoms with Crippen LogP contribution in [0, 0.1) is 0 Å². The van der Waals surface area contributed by atoms with Crippen LogP contribution in [0.25, 0.3) is 0 Å². The van der Waals surface area contributed by atoms with Gasteiger partial charge in [0.1, 0.15) is 0 Å². The molecule has 1 nitrogen and oxygen atoms in total.